The van der Waals surface area contributed by atoms with Crippen LogP contribution in [0.15, 0.2) is 24.3 Å². The molecule has 2 aliphatic rings. The van der Waals surface area contributed by atoms with E-state index in [-0.39, 0.29) is 30.0 Å². The number of nitrogens with zero attached hydrogens (tertiary/aromatic N) is 1. The van der Waals surface area contributed by atoms with Crippen LogP contribution in [0.3, 0.4) is 0 Å². The van der Waals surface area contributed by atoms with Gasteiger partial charge in [0.05, 0.1) is 18.7 Å². The Morgan fingerprint density at radius 1 is 1.38 bits per heavy atom. The van der Waals surface area contributed by atoms with Gasteiger partial charge in [-0.15, -0.1) is 11.8 Å². The lowest BCUT2D eigenvalue weighted by Gasteiger charge is -2.38. The number of amides is 1. The first kappa shape index (κ1) is 14.8. The first-order valence-electron chi connectivity index (χ1n) is 7.14. The van der Waals surface area contributed by atoms with Crippen molar-refractivity contribution >= 4 is 17.7 Å². The van der Waals surface area contributed by atoms with Crippen LogP contribution < -0.4 is 5.32 Å². The Bertz CT molecular complexity index is 505. The van der Waals surface area contributed by atoms with Gasteiger partial charge in [-0.05, 0) is 24.6 Å². The molecule has 1 aromatic carbocycles. The third-order valence-electron chi connectivity index (χ3n) is 3.83. The fourth-order valence-corrected chi connectivity index (χ4v) is 3.70. The fraction of sp³-hybridized carbons (Fsp3) is 0.533. The van der Waals surface area contributed by atoms with Crippen LogP contribution in [-0.2, 0) is 9.53 Å². The molecular weight excluding hydrogens is 291 g/mol. The van der Waals surface area contributed by atoms with E-state index in [1.807, 2.05) is 11.8 Å². The maximum atomic E-state index is 13.0. The maximum Gasteiger partial charge on any atom is 0.240 e. The van der Waals surface area contributed by atoms with Gasteiger partial charge in [-0.3, -0.25) is 10.1 Å². The Balaban J connectivity index is 1.71. The average molecular weight is 310 g/mol. The van der Waals surface area contributed by atoms with E-state index < -0.39 is 0 Å². The fourth-order valence-electron chi connectivity index (χ4n) is 2.77. The Labute approximate surface area is 128 Å². The van der Waals surface area contributed by atoms with Gasteiger partial charge in [-0.2, -0.15) is 0 Å². The number of halogens is 1. The summed E-state index contributed by atoms with van der Waals surface area (Å²) >= 11 is 1.74. The Hall–Kier alpha value is -1.11. The molecule has 2 aliphatic heterocycles. The van der Waals surface area contributed by atoms with E-state index in [4.69, 9.17) is 4.74 Å². The highest BCUT2D eigenvalue weighted by molar-refractivity contribution is 7.99. The van der Waals surface area contributed by atoms with Crippen molar-refractivity contribution in [2.24, 2.45) is 0 Å². The molecule has 0 saturated carbocycles. The average Bonchev–Trinajstić information content (AvgIpc) is 3.00. The van der Waals surface area contributed by atoms with Crippen LogP contribution in [0.4, 0.5) is 4.39 Å². The van der Waals surface area contributed by atoms with Gasteiger partial charge < -0.3 is 9.64 Å². The van der Waals surface area contributed by atoms with Crippen molar-refractivity contribution < 1.29 is 13.9 Å². The molecule has 2 unspecified atom stereocenters. The minimum atomic E-state index is -0.261. The van der Waals surface area contributed by atoms with Gasteiger partial charge in [0.2, 0.25) is 5.91 Å². The molecule has 2 saturated heterocycles. The third-order valence-corrected chi connectivity index (χ3v) is 4.77. The van der Waals surface area contributed by atoms with Crippen molar-refractivity contribution in [2.75, 3.05) is 24.7 Å². The van der Waals surface area contributed by atoms with E-state index in [0.717, 1.165) is 17.2 Å². The van der Waals surface area contributed by atoms with Gasteiger partial charge in [-0.1, -0.05) is 12.1 Å². The summed E-state index contributed by atoms with van der Waals surface area (Å²) in [5.41, 5.74) is 0.912. The molecule has 2 heterocycles. The van der Waals surface area contributed by atoms with Crippen LogP contribution in [0.2, 0.25) is 0 Å². The molecule has 0 aromatic heterocycles. The molecule has 3 rings (SSSR count). The van der Waals surface area contributed by atoms with E-state index in [1.165, 1.54) is 12.1 Å². The van der Waals surface area contributed by atoms with Gasteiger partial charge >= 0.3 is 0 Å². The highest BCUT2D eigenvalue weighted by atomic mass is 32.2. The molecule has 21 heavy (non-hydrogen) atoms. The summed E-state index contributed by atoms with van der Waals surface area (Å²) < 4.78 is 18.9. The van der Waals surface area contributed by atoms with Crippen LogP contribution >= 0.6 is 11.8 Å². The van der Waals surface area contributed by atoms with Crippen molar-refractivity contribution in [3.63, 3.8) is 0 Å². The van der Waals surface area contributed by atoms with Gasteiger partial charge in [-0.25, -0.2) is 4.39 Å². The molecule has 0 aliphatic carbocycles. The van der Waals surface area contributed by atoms with Crippen molar-refractivity contribution in [1.29, 1.82) is 0 Å². The predicted molar refractivity (Wildman–Crippen MR) is 80.5 cm³/mol. The lowest BCUT2D eigenvalue weighted by Crippen LogP contribution is -2.52. The minimum absolute atomic E-state index is 0.0215. The van der Waals surface area contributed by atoms with Crippen LogP contribution in [0, 0.1) is 5.82 Å². The Morgan fingerprint density at radius 2 is 2.14 bits per heavy atom. The van der Waals surface area contributed by atoms with Crippen LogP contribution in [0.1, 0.15) is 18.6 Å². The summed E-state index contributed by atoms with van der Waals surface area (Å²) in [5, 5.41) is 3.21. The van der Waals surface area contributed by atoms with Gasteiger partial charge in [0.25, 0.3) is 0 Å². The van der Waals surface area contributed by atoms with Gasteiger partial charge in [0.1, 0.15) is 11.9 Å². The lowest BCUT2D eigenvalue weighted by atomic mass is 10.1. The minimum Gasteiger partial charge on any atom is -0.367 e. The van der Waals surface area contributed by atoms with Crippen LogP contribution in [-0.4, -0.2) is 47.7 Å². The van der Waals surface area contributed by atoms with Crippen LogP contribution in [0.25, 0.3) is 0 Å². The van der Waals surface area contributed by atoms with Crippen LogP contribution in [0.5, 0.6) is 0 Å². The SMILES string of the molecule is CC1CN(C(=O)[C@H]2CSCN2)CC(c2ccc(F)cc2)O1. The normalized spacial score (nSPS) is 29.6. The number of carbonyl (C=O) groups is 1. The summed E-state index contributed by atoms with van der Waals surface area (Å²) in [6, 6.07) is 6.22. The molecule has 1 aromatic rings. The molecule has 0 radical (unpaired) electrons. The first-order valence-corrected chi connectivity index (χ1v) is 8.30. The number of nitrogens with one attached hydrogen (secondary N) is 1. The topological polar surface area (TPSA) is 41.6 Å². The quantitative estimate of drug-likeness (QED) is 0.904. The molecule has 6 heteroatoms. The first-order chi connectivity index (χ1) is 10.1. The number of ether oxygens (including phenoxy) is 1. The van der Waals surface area contributed by atoms with Crippen molar-refractivity contribution in [3.05, 3.63) is 35.6 Å². The molecule has 1 N–H and O–H groups in total. The second-order valence-corrected chi connectivity index (χ2v) is 6.53. The van der Waals surface area contributed by atoms with Crippen molar-refractivity contribution in [2.45, 2.75) is 25.2 Å². The summed E-state index contributed by atoms with van der Waals surface area (Å²) in [4.78, 5) is 14.4. The smallest absolute Gasteiger partial charge is 0.240 e. The number of thioether (sulfide) groups is 1. The molecule has 3 atom stereocenters. The predicted octanol–water partition coefficient (Wildman–Crippen LogP) is 1.78. The number of benzene rings is 1. The molecular formula is C15H19FN2O2S. The largest absolute Gasteiger partial charge is 0.367 e. The zero-order valence-corrected chi connectivity index (χ0v) is 12.7. The van der Waals surface area contributed by atoms with E-state index in [2.05, 4.69) is 5.32 Å². The summed E-state index contributed by atoms with van der Waals surface area (Å²) in [5.74, 6) is 1.54. The number of hydrogen-bond donors (Lipinski definition) is 1. The van der Waals surface area contributed by atoms with E-state index >= 15 is 0 Å². The molecule has 1 amide bonds. The van der Waals surface area contributed by atoms with Crippen molar-refractivity contribution in [3.8, 4) is 0 Å². The standard InChI is InChI=1S/C15H19FN2O2S/c1-10-6-18(15(19)13-8-21-9-17-13)7-14(20-10)11-2-4-12(16)5-3-11/h2-5,10,13-14,17H,6-9H2,1H3/t10?,13-,14?/m1/s1. The van der Waals surface area contributed by atoms with Crippen molar-refractivity contribution in [1.82, 2.24) is 10.2 Å². The van der Waals surface area contributed by atoms with Gasteiger partial charge in [0.15, 0.2) is 0 Å². The molecule has 0 bridgehead atoms. The van der Waals surface area contributed by atoms with E-state index in [0.29, 0.717) is 13.1 Å². The molecule has 4 nitrogen and oxygen atoms in total. The highest BCUT2D eigenvalue weighted by Gasteiger charge is 2.33. The van der Waals surface area contributed by atoms with E-state index in [1.54, 1.807) is 23.9 Å². The maximum absolute atomic E-state index is 13.0. The third kappa shape index (κ3) is 3.39. The number of rotatable bonds is 2. The monoisotopic (exact) mass is 310 g/mol. The second-order valence-electron chi connectivity index (χ2n) is 5.50. The number of carbonyl (C=O) groups excluding carboxylic acids is 1. The zero-order valence-electron chi connectivity index (χ0n) is 11.9. The summed E-state index contributed by atoms with van der Waals surface area (Å²) in [6.45, 7) is 3.10. The molecule has 2 fully saturated rings. The summed E-state index contributed by atoms with van der Waals surface area (Å²) in [6.07, 6.45) is -0.209. The number of hydrogen-bond acceptors (Lipinski definition) is 4. The highest BCUT2D eigenvalue weighted by Crippen LogP contribution is 2.26. The molecule has 114 valence electrons. The summed E-state index contributed by atoms with van der Waals surface area (Å²) in [7, 11) is 0. The number of morpholine rings is 1. The Kier molecular flexibility index (Phi) is 4.47. The van der Waals surface area contributed by atoms with E-state index in [9.17, 15) is 9.18 Å². The Morgan fingerprint density at radius 3 is 2.81 bits per heavy atom. The lowest BCUT2D eigenvalue weighted by molar-refractivity contribution is -0.146. The van der Waals surface area contributed by atoms with Gasteiger partial charge in [0, 0.05) is 18.2 Å². The second kappa shape index (κ2) is 6.34. The molecule has 0 spiro atoms. The zero-order chi connectivity index (χ0) is 14.8.